The lowest BCUT2D eigenvalue weighted by molar-refractivity contribution is -0.149. The van der Waals surface area contributed by atoms with E-state index in [4.69, 9.17) is 14.2 Å². The Kier molecular flexibility index (Phi) is 6.47. The van der Waals surface area contributed by atoms with Gasteiger partial charge < -0.3 is 14.2 Å². The highest BCUT2D eigenvalue weighted by Gasteiger charge is 2.20. The van der Waals surface area contributed by atoms with Crippen molar-refractivity contribution in [2.45, 2.75) is 32.9 Å². The van der Waals surface area contributed by atoms with E-state index in [-0.39, 0.29) is 12.1 Å². The van der Waals surface area contributed by atoms with Crippen LogP contribution in [0, 0.1) is 0 Å². The smallest absolute Gasteiger partial charge is 0.303 e. The maximum Gasteiger partial charge on any atom is 0.303 e. The van der Waals surface area contributed by atoms with Crippen LogP contribution in [0.25, 0.3) is 0 Å². The number of rotatable bonds is 2. The lowest BCUT2D eigenvalue weighted by atomic mass is 10.2. The zero-order chi connectivity index (χ0) is 16.7. The molecule has 1 aromatic rings. The minimum atomic E-state index is -0.323. The highest BCUT2D eigenvalue weighted by molar-refractivity contribution is 5.66. The van der Waals surface area contributed by atoms with Crippen LogP contribution in [0.15, 0.2) is 36.4 Å². The summed E-state index contributed by atoms with van der Waals surface area (Å²) in [5, 5.41) is 0. The number of carbonyl (C=O) groups excluding carboxylic acids is 1. The summed E-state index contributed by atoms with van der Waals surface area (Å²) in [4.78, 5) is 13.6. The fraction of sp³-hybridized carbons (Fsp3) is 0.500. The van der Waals surface area contributed by atoms with E-state index in [2.05, 4.69) is 24.8 Å². The molecule has 0 bridgehead atoms. The van der Waals surface area contributed by atoms with Crippen molar-refractivity contribution in [3.05, 3.63) is 36.4 Å². The highest BCUT2D eigenvalue weighted by Crippen LogP contribution is 2.27. The molecule has 1 atom stereocenters. The van der Waals surface area contributed by atoms with Crippen molar-refractivity contribution in [1.82, 2.24) is 4.90 Å². The van der Waals surface area contributed by atoms with E-state index in [1.165, 1.54) is 6.92 Å². The quantitative estimate of drug-likeness (QED) is 0.619. The summed E-state index contributed by atoms with van der Waals surface area (Å²) >= 11 is 0. The van der Waals surface area contributed by atoms with E-state index >= 15 is 0 Å². The number of hydrogen-bond donors (Lipinski definition) is 0. The highest BCUT2D eigenvalue weighted by atomic mass is 16.6. The summed E-state index contributed by atoms with van der Waals surface area (Å²) in [6.45, 7) is 7.87. The molecule has 0 aromatic heterocycles. The molecule has 126 valence electrons. The minimum Gasteiger partial charge on any atom is -0.486 e. The Morgan fingerprint density at radius 1 is 1.22 bits per heavy atom. The first kappa shape index (κ1) is 17.3. The number of para-hydroxylation sites is 2. The van der Waals surface area contributed by atoms with Gasteiger partial charge in [-0.3, -0.25) is 9.69 Å². The summed E-state index contributed by atoms with van der Waals surface area (Å²) in [6.07, 6.45) is 3.75. The number of benzene rings is 1. The molecule has 23 heavy (non-hydrogen) atoms. The largest absolute Gasteiger partial charge is 0.486 e. The monoisotopic (exact) mass is 319 g/mol. The van der Waals surface area contributed by atoms with Gasteiger partial charge in [0.05, 0.1) is 0 Å². The van der Waals surface area contributed by atoms with Crippen LogP contribution in [0.1, 0.15) is 20.8 Å². The number of nitrogens with zero attached hydrogens (tertiary/aromatic N) is 1. The molecule has 0 spiro atoms. The van der Waals surface area contributed by atoms with E-state index in [0.717, 1.165) is 6.54 Å². The average molecular weight is 319 g/mol. The number of esters is 1. The van der Waals surface area contributed by atoms with Crippen LogP contribution in [0.3, 0.4) is 0 Å². The van der Waals surface area contributed by atoms with Gasteiger partial charge in [-0.05, 0) is 26.0 Å². The molecule has 0 saturated heterocycles. The molecule has 1 aliphatic rings. The van der Waals surface area contributed by atoms with Crippen LogP contribution in [0.5, 0.6) is 11.5 Å². The van der Waals surface area contributed by atoms with Gasteiger partial charge in [0.15, 0.2) is 11.5 Å². The van der Waals surface area contributed by atoms with Crippen molar-refractivity contribution in [2.24, 2.45) is 0 Å². The van der Waals surface area contributed by atoms with Gasteiger partial charge in [0, 0.05) is 26.1 Å². The predicted octanol–water partition coefficient (Wildman–Crippen LogP) is 2.66. The van der Waals surface area contributed by atoms with Gasteiger partial charge >= 0.3 is 5.97 Å². The Labute approximate surface area is 137 Å². The molecule has 0 amide bonds. The second-order valence-electron chi connectivity index (χ2n) is 5.82. The third kappa shape index (κ3) is 5.60. The number of ether oxygens (including phenoxy) is 3. The number of fused-ring (bicyclic) bond motifs is 1. The maximum absolute atomic E-state index is 11.4. The zero-order valence-corrected chi connectivity index (χ0v) is 14.0. The average Bonchev–Trinajstić information content (AvgIpc) is 2.49. The molecular weight excluding hydrogens is 294 g/mol. The zero-order valence-electron chi connectivity index (χ0n) is 14.0. The van der Waals surface area contributed by atoms with Crippen molar-refractivity contribution < 1.29 is 19.0 Å². The fourth-order valence-electron chi connectivity index (χ4n) is 2.40. The predicted molar refractivity (Wildman–Crippen MR) is 88.8 cm³/mol. The van der Waals surface area contributed by atoms with Crippen LogP contribution in [-0.4, -0.2) is 49.3 Å². The summed E-state index contributed by atoms with van der Waals surface area (Å²) in [5.41, 5.74) is 0. The second-order valence-corrected chi connectivity index (χ2v) is 5.82. The summed E-state index contributed by atoms with van der Waals surface area (Å²) < 4.78 is 17.0. The van der Waals surface area contributed by atoms with Crippen molar-refractivity contribution >= 4 is 5.97 Å². The van der Waals surface area contributed by atoms with Crippen LogP contribution in [-0.2, 0) is 9.53 Å². The Balaban J connectivity index is 2.18. The molecule has 5 nitrogen and oxygen atoms in total. The van der Waals surface area contributed by atoms with E-state index in [1.807, 2.05) is 30.3 Å². The molecule has 1 aromatic carbocycles. The van der Waals surface area contributed by atoms with Gasteiger partial charge in [-0.1, -0.05) is 24.3 Å². The van der Waals surface area contributed by atoms with Gasteiger partial charge in [-0.2, -0.15) is 0 Å². The molecule has 0 aliphatic carbocycles. The third-order valence-electron chi connectivity index (χ3n) is 3.62. The standard InChI is InChI=1S/C18H25NO4/c1-14(2)19-10-6-7-11-21-17-8-4-5-9-18(17)22-13-16(12-19)23-15(3)20/h4-9,14,16H,10-13H2,1-3H3/b7-6+. The van der Waals surface area contributed by atoms with Crippen LogP contribution < -0.4 is 9.47 Å². The van der Waals surface area contributed by atoms with E-state index in [1.54, 1.807) is 0 Å². The third-order valence-corrected chi connectivity index (χ3v) is 3.62. The van der Waals surface area contributed by atoms with Crippen LogP contribution in [0.4, 0.5) is 0 Å². The Bertz CT molecular complexity index is 542. The SMILES string of the molecule is CC(=O)OC1COc2ccccc2OC/C=C/CN(C(C)C)C1. The molecule has 0 fully saturated rings. The van der Waals surface area contributed by atoms with Gasteiger partial charge in [0.1, 0.15) is 19.3 Å². The Morgan fingerprint density at radius 3 is 2.57 bits per heavy atom. The van der Waals surface area contributed by atoms with E-state index in [0.29, 0.717) is 37.3 Å². The molecule has 0 saturated carbocycles. The first-order valence-electron chi connectivity index (χ1n) is 7.97. The molecule has 0 N–H and O–H groups in total. The van der Waals surface area contributed by atoms with Crippen molar-refractivity contribution in [1.29, 1.82) is 0 Å². The Hall–Kier alpha value is -2.01. The van der Waals surface area contributed by atoms with Crippen molar-refractivity contribution in [3.63, 3.8) is 0 Å². The molecule has 2 rings (SSSR count). The van der Waals surface area contributed by atoms with Crippen LogP contribution >= 0.6 is 0 Å². The van der Waals surface area contributed by atoms with Crippen molar-refractivity contribution in [3.8, 4) is 11.5 Å². The lowest BCUT2D eigenvalue weighted by Crippen LogP contribution is -2.42. The molecule has 5 heteroatoms. The van der Waals surface area contributed by atoms with Gasteiger partial charge in [-0.15, -0.1) is 0 Å². The molecule has 1 heterocycles. The number of carbonyl (C=O) groups is 1. The summed E-state index contributed by atoms with van der Waals surface area (Å²) in [5.74, 6) is 1.06. The van der Waals surface area contributed by atoms with Gasteiger partial charge in [0.2, 0.25) is 0 Å². The second kappa shape index (κ2) is 8.58. The molecular formula is C18H25NO4. The lowest BCUT2D eigenvalue weighted by Gasteiger charge is -2.29. The topological polar surface area (TPSA) is 48.0 Å². The van der Waals surface area contributed by atoms with Gasteiger partial charge in [-0.25, -0.2) is 0 Å². The maximum atomic E-state index is 11.4. The first-order chi connectivity index (χ1) is 11.1. The fourth-order valence-corrected chi connectivity index (χ4v) is 2.40. The first-order valence-corrected chi connectivity index (χ1v) is 7.97. The number of hydrogen-bond acceptors (Lipinski definition) is 5. The summed E-state index contributed by atoms with van der Waals surface area (Å²) in [7, 11) is 0. The normalized spacial score (nSPS) is 21.1. The van der Waals surface area contributed by atoms with E-state index < -0.39 is 0 Å². The van der Waals surface area contributed by atoms with E-state index in [9.17, 15) is 4.79 Å². The van der Waals surface area contributed by atoms with Gasteiger partial charge in [0.25, 0.3) is 0 Å². The van der Waals surface area contributed by atoms with Crippen LogP contribution in [0.2, 0.25) is 0 Å². The minimum absolute atomic E-state index is 0.297. The Morgan fingerprint density at radius 2 is 1.91 bits per heavy atom. The van der Waals surface area contributed by atoms with Crippen molar-refractivity contribution in [2.75, 3.05) is 26.3 Å². The molecule has 1 unspecified atom stereocenters. The molecule has 1 aliphatic heterocycles. The molecule has 0 radical (unpaired) electrons. The summed E-state index contributed by atoms with van der Waals surface area (Å²) in [6, 6.07) is 7.87.